The van der Waals surface area contributed by atoms with Crippen LogP contribution in [-0.4, -0.2) is 59.8 Å². The van der Waals surface area contributed by atoms with Gasteiger partial charge in [-0.25, -0.2) is 9.97 Å². The second kappa shape index (κ2) is 6.46. The number of hydrogen-bond donors (Lipinski definition) is 1. The summed E-state index contributed by atoms with van der Waals surface area (Å²) in [5.74, 6) is 2.20. The van der Waals surface area contributed by atoms with Crippen LogP contribution in [0.15, 0.2) is 30.7 Å². The van der Waals surface area contributed by atoms with E-state index in [1.165, 1.54) is 0 Å². The Kier molecular flexibility index (Phi) is 4.20. The fourth-order valence-electron chi connectivity index (χ4n) is 3.95. The van der Waals surface area contributed by atoms with Crippen LogP contribution >= 0.6 is 0 Å². The van der Waals surface area contributed by atoms with E-state index in [9.17, 15) is 5.26 Å². The van der Waals surface area contributed by atoms with E-state index in [1.54, 1.807) is 19.5 Å². The summed E-state index contributed by atoms with van der Waals surface area (Å²) in [5.41, 5.74) is 1.21. The molecule has 4 heterocycles. The van der Waals surface area contributed by atoms with Gasteiger partial charge in [-0.2, -0.15) is 10.2 Å². The van der Waals surface area contributed by atoms with Crippen LogP contribution in [0.4, 0.5) is 11.6 Å². The lowest BCUT2D eigenvalue weighted by atomic mass is 9.96. The zero-order valence-corrected chi connectivity index (χ0v) is 16.6. The molecule has 1 atom stereocenters. The molecule has 0 aliphatic carbocycles. The smallest absolute Gasteiger partial charge is 0.236 e. The first-order valence-electron chi connectivity index (χ1n) is 9.22. The van der Waals surface area contributed by atoms with Crippen LogP contribution in [0.1, 0.15) is 18.9 Å². The minimum Gasteiger partial charge on any atom is -0.480 e. The number of nitrogens with one attached hydrogen (secondary N) is 1. The standard InChI is InChI=1S/C20H24N7O/c1-20(27(2,3)16-6-5-14(11-21)19(25-16)28-4)8-10-26(12-20)18-15-7-9-22-17(15)23-13-24-18/h5-7,9,13H,8,10,12H2,1-4H3,(H,22,23,24)/q+1. The topological polar surface area (TPSA) is 90.7 Å². The fraction of sp³-hybridized carbons (Fsp3) is 0.400. The first-order valence-corrected chi connectivity index (χ1v) is 9.22. The lowest BCUT2D eigenvalue weighted by Gasteiger charge is -2.43. The molecular formula is C20H24N7O+. The third-order valence-electron chi connectivity index (χ3n) is 6.17. The van der Waals surface area contributed by atoms with E-state index in [0.29, 0.717) is 15.9 Å². The summed E-state index contributed by atoms with van der Waals surface area (Å²) in [4.78, 5) is 19.0. The summed E-state index contributed by atoms with van der Waals surface area (Å²) in [7, 11) is 5.86. The van der Waals surface area contributed by atoms with Gasteiger partial charge in [0.05, 0.1) is 33.1 Å². The maximum absolute atomic E-state index is 9.24. The number of fused-ring (bicyclic) bond motifs is 1. The van der Waals surface area contributed by atoms with Crippen LogP contribution < -0.4 is 14.1 Å². The summed E-state index contributed by atoms with van der Waals surface area (Å²) in [6, 6.07) is 7.85. The van der Waals surface area contributed by atoms with E-state index >= 15 is 0 Å². The molecule has 0 bridgehead atoms. The predicted octanol–water partition coefficient (Wildman–Crippen LogP) is 2.47. The van der Waals surface area contributed by atoms with Gasteiger partial charge in [0.25, 0.3) is 0 Å². The quantitative estimate of drug-likeness (QED) is 0.702. The van der Waals surface area contributed by atoms with Crippen LogP contribution in [-0.2, 0) is 0 Å². The maximum atomic E-state index is 9.24. The van der Waals surface area contributed by atoms with Gasteiger partial charge in [0.2, 0.25) is 11.7 Å². The van der Waals surface area contributed by atoms with E-state index in [-0.39, 0.29) is 5.54 Å². The van der Waals surface area contributed by atoms with Gasteiger partial charge in [-0.3, -0.25) is 4.48 Å². The Hall–Kier alpha value is -3.18. The van der Waals surface area contributed by atoms with Crippen molar-refractivity contribution in [1.82, 2.24) is 24.4 Å². The van der Waals surface area contributed by atoms with Gasteiger partial charge in [-0.1, -0.05) is 0 Å². The van der Waals surface area contributed by atoms with Crippen molar-refractivity contribution in [3.63, 3.8) is 0 Å². The second-order valence-electron chi connectivity index (χ2n) is 7.90. The summed E-state index contributed by atoms with van der Waals surface area (Å²) < 4.78 is 5.90. The van der Waals surface area contributed by atoms with Gasteiger partial charge < -0.3 is 14.6 Å². The summed E-state index contributed by atoms with van der Waals surface area (Å²) in [6.07, 6.45) is 4.49. The number of pyridine rings is 1. The number of methoxy groups -OCH3 is 1. The number of hydrogen-bond acceptors (Lipinski definition) is 6. The Bertz CT molecular complexity index is 1070. The van der Waals surface area contributed by atoms with Crippen molar-refractivity contribution in [2.45, 2.75) is 18.9 Å². The molecule has 1 aliphatic heterocycles. The molecule has 1 unspecified atom stereocenters. The Morgan fingerprint density at radius 2 is 2.11 bits per heavy atom. The molecule has 0 amide bonds. The molecule has 0 aromatic carbocycles. The van der Waals surface area contributed by atoms with Crippen molar-refractivity contribution in [3.05, 3.63) is 36.3 Å². The van der Waals surface area contributed by atoms with Gasteiger partial charge in [0.1, 0.15) is 35.0 Å². The number of nitrogens with zero attached hydrogens (tertiary/aromatic N) is 6. The van der Waals surface area contributed by atoms with Crippen molar-refractivity contribution in [2.75, 3.05) is 39.2 Å². The molecule has 1 N–H and O–H groups in total. The van der Waals surface area contributed by atoms with Crippen molar-refractivity contribution in [1.29, 1.82) is 5.26 Å². The SMILES string of the molecule is COc1nc([N+](C)(C)C2(C)CCN(c3ncnc4[nH]ccc34)C2)ccc1C#N. The summed E-state index contributed by atoms with van der Waals surface area (Å²) in [6.45, 7) is 4.01. The van der Waals surface area contributed by atoms with E-state index in [0.717, 1.165) is 42.2 Å². The number of ether oxygens (including phenoxy) is 1. The van der Waals surface area contributed by atoms with Crippen molar-refractivity contribution >= 4 is 22.7 Å². The fourth-order valence-corrected chi connectivity index (χ4v) is 3.95. The third-order valence-corrected chi connectivity index (χ3v) is 6.17. The third kappa shape index (κ3) is 2.67. The number of aromatic nitrogens is 4. The molecule has 1 saturated heterocycles. The molecule has 0 radical (unpaired) electrons. The molecule has 144 valence electrons. The highest BCUT2D eigenvalue weighted by molar-refractivity contribution is 5.87. The number of anilines is 1. The zero-order valence-electron chi connectivity index (χ0n) is 16.6. The maximum Gasteiger partial charge on any atom is 0.236 e. The van der Waals surface area contributed by atoms with Crippen LogP contribution in [0.3, 0.4) is 0 Å². The predicted molar refractivity (Wildman–Crippen MR) is 108 cm³/mol. The first kappa shape index (κ1) is 18.2. The summed E-state index contributed by atoms with van der Waals surface area (Å²) in [5, 5.41) is 10.3. The number of rotatable bonds is 4. The molecule has 8 nitrogen and oxygen atoms in total. The highest BCUT2D eigenvalue weighted by atomic mass is 16.5. The molecule has 3 aromatic rings. The van der Waals surface area contributed by atoms with Crippen molar-refractivity contribution in [2.24, 2.45) is 0 Å². The molecule has 8 heteroatoms. The Morgan fingerprint density at radius 3 is 2.86 bits per heavy atom. The van der Waals surface area contributed by atoms with Crippen LogP contribution in [0.5, 0.6) is 5.88 Å². The number of quaternary nitrogens is 1. The molecule has 0 spiro atoms. The van der Waals surface area contributed by atoms with E-state index in [2.05, 4.69) is 51.9 Å². The molecule has 28 heavy (non-hydrogen) atoms. The van der Waals surface area contributed by atoms with Crippen LogP contribution in [0.2, 0.25) is 0 Å². The average molecular weight is 378 g/mol. The monoisotopic (exact) mass is 378 g/mol. The molecular weight excluding hydrogens is 354 g/mol. The van der Waals surface area contributed by atoms with Gasteiger partial charge in [0.15, 0.2) is 0 Å². The minimum absolute atomic E-state index is 0.0836. The van der Waals surface area contributed by atoms with Gasteiger partial charge in [-0.05, 0) is 19.1 Å². The molecule has 1 aliphatic rings. The van der Waals surface area contributed by atoms with Crippen molar-refractivity contribution < 1.29 is 4.74 Å². The molecule has 0 saturated carbocycles. The minimum atomic E-state index is -0.0836. The van der Waals surface area contributed by atoms with E-state index in [1.807, 2.05) is 18.3 Å². The molecule has 3 aromatic heterocycles. The van der Waals surface area contributed by atoms with E-state index in [4.69, 9.17) is 4.74 Å². The number of likely N-dealkylation sites (N-methyl/N-ethyl adjacent to an activating group) is 1. The molecule has 1 fully saturated rings. The van der Waals surface area contributed by atoms with Crippen molar-refractivity contribution in [3.8, 4) is 11.9 Å². The first-order chi connectivity index (χ1) is 13.4. The van der Waals surface area contributed by atoms with Crippen LogP contribution in [0, 0.1) is 11.3 Å². The number of aromatic amines is 1. The Balaban J connectivity index is 1.67. The summed E-state index contributed by atoms with van der Waals surface area (Å²) >= 11 is 0. The van der Waals surface area contributed by atoms with Crippen LogP contribution in [0.25, 0.3) is 11.0 Å². The average Bonchev–Trinajstić information content (AvgIpc) is 3.34. The highest BCUT2D eigenvalue weighted by Gasteiger charge is 2.49. The molecule has 4 rings (SSSR count). The highest BCUT2D eigenvalue weighted by Crippen LogP contribution is 2.38. The number of nitriles is 1. The van der Waals surface area contributed by atoms with E-state index < -0.39 is 0 Å². The second-order valence-corrected chi connectivity index (χ2v) is 7.90. The van der Waals surface area contributed by atoms with Gasteiger partial charge in [-0.15, -0.1) is 0 Å². The zero-order chi connectivity index (χ0) is 19.9. The Labute approximate surface area is 164 Å². The largest absolute Gasteiger partial charge is 0.480 e. The lowest BCUT2D eigenvalue weighted by molar-refractivity contribution is 0.193. The van der Waals surface area contributed by atoms with Gasteiger partial charge in [0, 0.05) is 25.2 Å². The lowest BCUT2D eigenvalue weighted by Crippen LogP contribution is -2.61. The van der Waals surface area contributed by atoms with Gasteiger partial charge >= 0.3 is 0 Å². The number of H-pyrrole nitrogens is 1. The Morgan fingerprint density at radius 1 is 1.29 bits per heavy atom. The normalized spacial score (nSPS) is 19.8.